The zero-order valence-electron chi connectivity index (χ0n) is 9.29. The van der Waals surface area contributed by atoms with Crippen LogP contribution in [0, 0.1) is 0 Å². The molecule has 0 amide bonds. The Labute approximate surface area is 86.3 Å². The largest absolute Gasteiger partial charge is 0.489 e. The molecule has 1 heterocycles. The Morgan fingerprint density at radius 1 is 1.36 bits per heavy atom. The average Bonchev–Trinajstić information content (AvgIpc) is 2.21. The van der Waals surface area contributed by atoms with Crippen LogP contribution in [0.4, 0.5) is 0 Å². The molecule has 1 unspecified atom stereocenters. The molecule has 0 bridgehead atoms. The molecule has 2 nitrogen and oxygen atoms in total. The van der Waals surface area contributed by atoms with Gasteiger partial charge in [0.05, 0.1) is 12.3 Å². The number of ether oxygens (including phenoxy) is 1. The van der Waals surface area contributed by atoms with Crippen LogP contribution in [0.1, 0.15) is 39.3 Å². The summed E-state index contributed by atoms with van der Waals surface area (Å²) in [6.45, 7) is 6.34. The van der Waals surface area contributed by atoms with Crippen molar-refractivity contribution < 1.29 is 4.74 Å². The van der Waals surface area contributed by atoms with Crippen molar-refractivity contribution in [1.29, 1.82) is 0 Å². The maximum Gasteiger partial charge on any atom is 0.138 e. The maximum atomic E-state index is 5.63. The van der Waals surface area contributed by atoms with Crippen molar-refractivity contribution in [3.63, 3.8) is 0 Å². The summed E-state index contributed by atoms with van der Waals surface area (Å²) >= 11 is 0. The molecule has 0 aliphatic heterocycles. The van der Waals surface area contributed by atoms with Crippen LogP contribution in [0.15, 0.2) is 18.3 Å². The van der Waals surface area contributed by atoms with E-state index in [9.17, 15) is 0 Å². The minimum atomic E-state index is 0.272. The lowest BCUT2D eigenvalue weighted by Gasteiger charge is -2.12. The lowest BCUT2D eigenvalue weighted by molar-refractivity contribution is 0.216. The van der Waals surface area contributed by atoms with E-state index >= 15 is 0 Å². The minimum absolute atomic E-state index is 0.272. The molecule has 0 aromatic carbocycles. The van der Waals surface area contributed by atoms with E-state index in [0.717, 1.165) is 30.7 Å². The second-order valence-electron chi connectivity index (χ2n) is 3.57. The Morgan fingerprint density at radius 2 is 2.14 bits per heavy atom. The van der Waals surface area contributed by atoms with Gasteiger partial charge >= 0.3 is 0 Å². The summed E-state index contributed by atoms with van der Waals surface area (Å²) in [5, 5.41) is 0. The first-order valence-corrected chi connectivity index (χ1v) is 5.37. The standard InChI is InChI=1S/C12H19NO/c1-4-6-11-7-8-12(9-13-11)14-10(3)5-2/h7-10H,4-6H2,1-3H3. The first kappa shape index (κ1) is 11.0. The monoisotopic (exact) mass is 193 g/mol. The van der Waals surface area contributed by atoms with Crippen molar-refractivity contribution in [3.05, 3.63) is 24.0 Å². The fraction of sp³-hybridized carbons (Fsp3) is 0.583. The molecule has 0 N–H and O–H groups in total. The van der Waals surface area contributed by atoms with Gasteiger partial charge in [0, 0.05) is 5.69 Å². The highest BCUT2D eigenvalue weighted by Gasteiger charge is 2.01. The Kier molecular flexibility index (Phi) is 4.44. The van der Waals surface area contributed by atoms with Crippen LogP contribution < -0.4 is 4.74 Å². The lowest BCUT2D eigenvalue weighted by Crippen LogP contribution is -2.09. The van der Waals surface area contributed by atoms with Gasteiger partial charge in [0.2, 0.25) is 0 Å². The molecule has 0 radical (unpaired) electrons. The Bertz CT molecular complexity index is 256. The van der Waals surface area contributed by atoms with E-state index in [-0.39, 0.29) is 6.10 Å². The zero-order valence-corrected chi connectivity index (χ0v) is 9.29. The molecule has 0 saturated carbocycles. The van der Waals surface area contributed by atoms with Gasteiger partial charge in [0.15, 0.2) is 0 Å². The second kappa shape index (κ2) is 5.63. The lowest BCUT2D eigenvalue weighted by atomic mass is 10.2. The summed E-state index contributed by atoms with van der Waals surface area (Å²) in [4.78, 5) is 4.33. The predicted octanol–water partition coefficient (Wildman–Crippen LogP) is 3.21. The molecule has 0 aliphatic rings. The van der Waals surface area contributed by atoms with Crippen molar-refractivity contribution in [2.45, 2.75) is 46.1 Å². The summed E-state index contributed by atoms with van der Waals surface area (Å²) < 4.78 is 5.63. The van der Waals surface area contributed by atoms with Crippen LogP contribution in [-0.2, 0) is 6.42 Å². The average molecular weight is 193 g/mol. The number of aryl methyl sites for hydroxylation is 1. The van der Waals surface area contributed by atoms with Crippen molar-refractivity contribution >= 4 is 0 Å². The number of nitrogens with zero attached hydrogens (tertiary/aromatic N) is 1. The molecule has 1 atom stereocenters. The van der Waals surface area contributed by atoms with Gasteiger partial charge in [0.25, 0.3) is 0 Å². The second-order valence-corrected chi connectivity index (χ2v) is 3.57. The van der Waals surface area contributed by atoms with Crippen molar-refractivity contribution in [3.8, 4) is 5.75 Å². The van der Waals surface area contributed by atoms with Crippen LogP contribution in [0.2, 0.25) is 0 Å². The first-order chi connectivity index (χ1) is 6.76. The molecule has 0 saturated heterocycles. The molecule has 1 aromatic rings. The third kappa shape index (κ3) is 3.36. The molecule has 14 heavy (non-hydrogen) atoms. The molecular weight excluding hydrogens is 174 g/mol. The quantitative estimate of drug-likeness (QED) is 0.716. The van der Waals surface area contributed by atoms with Crippen LogP contribution in [0.3, 0.4) is 0 Å². The van der Waals surface area contributed by atoms with Crippen LogP contribution in [0.5, 0.6) is 5.75 Å². The maximum absolute atomic E-state index is 5.63. The Hall–Kier alpha value is -1.05. The number of aromatic nitrogens is 1. The van der Waals surface area contributed by atoms with Gasteiger partial charge in [0.1, 0.15) is 5.75 Å². The normalized spacial score (nSPS) is 12.5. The van der Waals surface area contributed by atoms with Crippen LogP contribution >= 0.6 is 0 Å². The van der Waals surface area contributed by atoms with Crippen molar-refractivity contribution in [2.24, 2.45) is 0 Å². The van der Waals surface area contributed by atoms with E-state index in [1.54, 1.807) is 0 Å². The van der Waals surface area contributed by atoms with Gasteiger partial charge in [-0.2, -0.15) is 0 Å². The number of rotatable bonds is 5. The van der Waals surface area contributed by atoms with Gasteiger partial charge < -0.3 is 4.74 Å². The molecule has 78 valence electrons. The van der Waals surface area contributed by atoms with E-state index in [1.165, 1.54) is 0 Å². The van der Waals surface area contributed by atoms with E-state index < -0.39 is 0 Å². The summed E-state index contributed by atoms with van der Waals surface area (Å²) in [7, 11) is 0. The first-order valence-electron chi connectivity index (χ1n) is 5.37. The molecular formula is C12H19NO. The summed E-state index contributed by atoms with van der Waals surface area (Å²) in [6, 6.07) is 4.05. The van der Waals surface area contributed by atoms with Crippen molar-refractivity contribution in [1.82, 2.24) is 4.98 Å². The Balaban J connectivity index is 2.54. The van der Waals surface area contributed by atoms with Gasteiger partial charge in [-0.25, -0.2) is 0 Å². The number of pyridine rings is 1. The molecule has 2 heteroatoms. The minimum Gasteiger partial charge on any atom is -0.489 e. The summed E-state index contributed by atoms with van der Waals surface area (Å²) in [6.07, 6.45) is 5.30. The van der Waals surface area contributed by atoms with E-state index in [2.05, 4.69) is 25.8 Å². The Morgan fingerprint density at radius 3 is 2.64 bits per heavy atom. The van der Waals surface area contributed by atoms with E-state index in [4.69, 9.17) is 4.74 Å². The van der Waals surface area contributed by atoms with E-state index in [1.807, 2.05) is 18.3 Å². The third-order valence-corrected chi connectivity index (χ3v) is 2.22. The van der Waals surface area contributed by atoms with Gasteiger partial charge in [-0.1, -0.05) is 20.3 Å². The highest BCUT2D eigenvalue weighted by molar-refractivity contribution is 5.20. The van der Waals surface area contributed by atoms with Gasteiger partial charge in [-0.15, -0.1) is 0 Å². The number of hydrogen-bond acceptors (Lipinski definition) is 2. The predicted molar refractivity (Wildman–Crippen MR) is 58.6 cm³/mol. The topological polar surface area (TPSA) is 22.1 Å². The molecule has 0 spiro atoms. The van der Waals surface area contributed by atoms with Crippen LogP contribution in [-0.4, -0.2) is 11.1 Å². The molecule has 0 aliphatic carbocycles. The summed E-state index contributed by atoms with van der Waals surface area (Å²) in [5.74, 6) is 0.874. The van der Waals surface area contributed by atoms with Crippen LogP contribution in [0.25, 0.3) is 0 Å². The third-order valence-electron chi connectivity index (χ3n) is 2.22. The highest BCUT2D eigenvalue weighted by Crippen LogP contribution is 2.12. The highest BCUT2D eigenvalue weighted by atomic mass is 16.5. The molecule has 1 rings (SSSR count). The summed E-state index contributed by atoms with van der Waals surface area (Å²) in [5.41, 5.74) is 1.14. The SMILES string of the molecule is CCCc1ccc(OC(C)CC)cn1. The van der Waals surface area contributed by atoms with E-state index in [0.29, 0.717) is 0 Å². The van der Waals surface area contributed by atoms with Gasteiger partial charge in [-0.3, -0.25) is 4.98 Å². The molecule has 0 fully saturated rings. The fourth-order valence-corrected chi connectivity index (χ4v) is 1.20. The number of hydrogen-bond donors (Lipinski definition) is 0. The smallest absolute Gasteiger partial charge is 0.138 e. The van der Waals surface area contributed by atoms with Gasteiger partial charge in [-0.05, 0) is 31.9 Å². The zero-order chi connectivity index (χ0) is 10.4. The fourth-order valence-electron chi connectivity index (χ4n) is 1.20. The van der Waals surface area contributed by atoms with Crippen molar-refractivity contribution in [2.75, 3.05) is 0 Å². The molecule has 1 aromatic heterocycles.